The number of hydrogen-bond donors (Lipinski definition) is 0. The first-order valence-electron chi connectivity index (χ1n) is 11.9. The number of ether oxygens (including phenoxy) is 2. The van der Waals surface area contributed by atoms with Gasteiger partial charge in [-0.15, -0.1) is 11.3 Å². The third kappa shape index (κ3) is 5.55. The number of thiazole rings is 1. The molecule has 1 aromatic carbocycles. The second-order valence-corrected chi connectivity index (χ2v) is 10.3. The lowest BCUT2D eigenvalue weighted by atomic mass is 9.92. The van der Waals surface area contributed by atoms with E-state index in [4.69, 9.17) is 9.47 Å². The molecule has 3 aromatic rings. The van der Waals surface area contributed by atoms with Crippen molar-refractivity contribution in [1.29, 1.82) is 0 Å². The topological polar surface area (TPSA) is 47.5 Å². The number of nitrogens with zero attached hydrogens (tertiary/aromatic N) is 3. The van der Waals surface area contributed by atoms with Crippen LogP contribution in [0.15, 0.2) is 36.7 Å². The number of hydrogen-bond acceptors (Lipinski definition) is 6. The van der Waals surface area contributed by atoms with Crippen LogP contribution in [-0.2, 0) is 4.74 Å². The van der Waals surface area contributed by atoms with Crippen molar-refractivity contribution in [3.05, 3.63) is 41.7 Å². The molecule has 6 heteroatoms. The van der Waals surface area contributed by atoms with Crippen molar-refractivity contribution in [3.63, 3.8) is 0 Å². The van der Waals surface area contributed by atoms with Crippen molar-refractivity contribution < 1.29 is 9.47 Å². The second kappa shape index (κ2) is 10.2. The lowest BCUT2D eigenvalue weighted by molar-refractivity contribution is 0.0807. The van der Waals surface area contributed by atoms with Gasteiger partial charge in [0.25, 0.3) is 0 Å². The fourth-order valence-corrected chi connectivity index (χ4v) is 5.43. The molecule has 0 atom stereocenters. The number of benzene rings is 1. The van der Waals surface area contributed by atoms with E-state index in [0.717, 1.165) is 71.0 Å². The number of rotatable bonds is 4. The van der Waals surface area contributed by atoms with Crippen LogP contribution >= 0.6 is 11.3 Å². The Morgan fingerprint density at radius 1 is 0.970 bits per heavy atom. The SMILES string of the molecule is CN(C)C1CCC(Oc2cc3cc(-c4cnc(C#CC5CCOCC5)s4)ccc3cn2)CC1. The first-order chi connectivity index (χ1) is 16.1. The molecule has 1 saturated heterocycles. The minimum Gasteiger partial charge on any atom is -0.474 e. The minimum absolute atomic E-state index is 0.257. The summed E-state index contributed by atoms with van der Waals surface area (Å²) in [7, 11) is 4.33. The summed E-state index contributed by atoms with van der Waals surface area (Å²) in [4.78, 5) is 12.6. The maximum Gasteiger partial charge on any atom is 0.214 e. The Bertz CT molecular complexity index is 1150. The van der Waals surface area contributed by atoms with E-state index in [1.54, 1.807) is 11.3 Å². The summed E-state index contributed by atoms with van der Waals surface area (Å²) in [6, 6.07) is 9.20. The summed E-state index contributed by atoms with van der Waals surface area (Å²) in [5.74, 6) is 7.80. The number of aromatic nitrogens is 2. The van der Waals surface area contributed by atoms with Crippen molar-refractivity contribution in [1.82, 2.24) is 14.9 Å². The van der Waals surface area contributed by atoms with Gasteiger partial charge < -0.3 is 14.4 Å². The van der Waals surface area contributed by atoms with Gasteiger partial charge in [0.1, 0.15) is 6.10 Å². The van der Waals surface area contributed by atoms with Gasteiger partial charge in [-0.1, -0.05) is 18.1 Å². The molecule has 2 fully saturated rings. The van der Waals surface area contributed by atoms with Gasteiger partial charge in [0, 0.05) is 49.0 Å². The predicted octanol–water partition coefficient (Wildman–Crippen LogP) is 5.39. The third-order valence-corrected chi connectivity index (χ3v) is 7.71. The maximum absolute atomic E-state index is 6.26. The highest BCUT2D eigenvalue weighted by molar-refractivity contribution is 7.15. The van der Waals surface area contributed by atoms with E-state index in [-0.39, 0.29) is 6.10 Å². The third-order valence-electron chi connectivity index (χ3n) is 6.75. The fraction of sp³-hybridized carbons (Fsp3) is 0.481. The summed E-state index contributed by atoms with van der Waals surface area (Å²) in [5, 5.41) is 3.14. The molecule has 5 nitrogen and oxygen atoms in total. The normalized spacial score (nSPS) is 21.7. The minimum atomic E-state index is 0.257. The Morgan fingerprint density at radius 3 is 2.58 bits per heavy atom. The van der Waals surface area contributed by atoms with Gasteiger partial charge in [-0.2, -0.15) is 0 Å². The Balaban J connectivity index is 1.28. The molecule has 0 bridgehead atoms. The molecule has 2 aliphatic rings. The molecule has 0 amide bonds. The zero-order valence-electron chi connectivity index (χ0n) is 19.4. The monoisotopic (exact) mass is 461 g/mol. The lowest BCUT2D eigenvalue weighted by Crippen LogP contribution is -2.35. The first kappa shape index (κ1) is 22.3. The molecular weight excluding hydrogens is 430 g/mol. The van der Waals surface area contributed by atoms with Crippen LogP contribution in [0.5, 0.6) is 5.88 Å². The maximum atomic E-state index is 6.26. The van der Waals surface area contributed by atoms with Crippen LogP contribution < -0.4 is 4.74 Å². The summed E-state index contributed by atoms with van der Waals surface area (Å²) in [6.45, 7) is 1.63. The van der Waals surface area contributed by atoms with Crippen LogP contribution in [0, 0.1) is 17.8 Å². The summed E-state index contributed by atoms with van der Waals surface area (Å²) in [6.07, 6.45) is 10.7. The second-order valence-electron chi connectivity index (χ2n) is 9.28. The highest BCUT2D eigenvalue weighted by atomic mass is 32.1. The Kier molecular flexibility index (Phi) is 6.91. The zero-order chi connectivity index (χ0) is 22.6. The van der Waals surface area contributed by atoms with E-state index in [1.165, 1.54) is 12.8 Å². The van der Waals surface area contributed by atoms with Crippen molar-refractivity contribution in [2.75, 3.05) is 27.3 Å². The largest absolute Gasteiger partial charge is 0.474 e. The smallest absolute Gasteiger partial charge is 0.214 e. The van der Waals surface area contributed by atoms with E-state index in [1.807, 2.05) is 12.4 Å². The average Bonchev–Trinajstić information content (AvgIpc) is 3.32. The molecule has 3 heterocycles. The first-order valence-corrected chi connectivity index (χ1v) is 12.7. The van der Waals surface area contributed by atoms with Gasteiger partial charge in [-0.05, 0) is 75.6 Å². The number of pyridine rings is 1. The molecule has 1 aliphatic carbocycles. The van der Waals surface area contributed by atoms with E-state index in [9.17, 15) is 0 Å². The van der Waals surface area contributed by atoms with Crippen LogP contribution in [0.4, 0.5) is 0 Å². The predicted molar refractivity (Wildman–Crippen MR) is 134 cm³/mol. The molecule has 172 valence electrons. The van der Waals surface area contributed by atoms with E-state index < -0.39 is 0 Å². The van der Waals surface area contributed by atoms with Crippen LogP contribution in [0.1, 0.15) is 43.5 Å². The van der Waals surface area contributed by atoms with Crippen molar-refractivity contribution in [2.24, 2.45) is 5.92 Å². The summed E-state index contributed by atoms with van der Waals surface area (Å²) < 4.78 is 11.7. The fourth-order valence-electron chi connectivity index (χ4n) is 4.66. The molecule has 0 N–H and O–H groups in total. The molecule has 0 spiro atoms. The van der Waals surface area contributed by atoms with Crippen LogP contribution in [-0.4, -0.2) is 54.3 Å². The van der Waals surface area contributed by atoms with Gasteiger partial charge in [-0.3, -0.25) is 0 Å². The highest BCUT2D eigenvalue weighted by Crippen LogP contribution is 2.31. The molecule has 33 heavy (non-hydrogen) atoms. The van der Waals surface area contributed by atoms with E-state index in [2.05, 4.69) is 65.1 Å². The summed E-state index contributed by atoms with van der Waals surface area (Å²) >= 11 is 1.65. The van der Waals surface area contributed by atoms with Gasteiger partial charge in [-0.25, -0.2) is 9.97 Å². The van der Waals surface area contributed by atoms with Crippen LogP contribution in [0.25, 0.3) is 21.2 Å². The van der Waals surface area contributed by atoms with E-state index >= 15 is 0 Å². The van der Waals surface area contributed by atoms with Gasteiger partial charge in [0.15, 0.2) is 5.01 Å². The van der Waals surface area contributed by atoms with Gasteiger partial charge in [0.2, 0.25) is 5.88 Å². The number of fused-ring (bicyclic) bond motifs is 1. The van der Waals surface area contributed by atoms with Gasteiger partial charge in [0.05, 0.1) is 4.88 Å². The molecule has 1 aliphatic heterocycles. The molecule has 0 radical (unpaired) electrons. The molecule has 2 aromatic heterocycles. The Morgan fingerprint density at radius 2 is 1.79 bits per heavy atom. The summed E-state index contributed by atoms with van der Waals surface area (Å²) in [5.41, 5.74) is 1.16. The van der Waals surface area contributed by atoms with Crippen molar-refractivity contribution in [3.8, 4) is 28.2 Å². The standard InChI is InChI=1S/C27H31N3O2S/c1-30(2)23-6-8-24(9-7-23)32-26-16-22-15-20(4-5-21(22)17-28-26)25-18-29-27(33-25)10-3-19-11-13-31-14-12-19/h4-5,15-19,23-24H,6-9,11-14H2,1-2H3. The highest BCUT2D eigenvalue weighted by Gasteiger charge is 2.24. The Hall–Kier alpha value is -2.46. The van der Waals surface area contributed by atoms with Crippen LogP contribution in [0.2, 0.25) is 0 Å². The Labute approximate surface area is 200 Å². The van der Waals surface area contributed by atoms with Crippen molar-refractivity contribution >= 4 is 22.1 Å². The lowest BCUT2D eigenvalue weighted by Gasteiger charge is -2.32. The molecule has 0 unspecified atom stereocenters. The average molecular weight is 462 g/mol. The van der Waals surface area contributed by atoms with E-state index in [0.29, 0.717) is 12.0 Å². The van der Waals surface area contributed by atoms with Crippen molar-refractivity contribution in [2.45, 2.75) is 50.7 Å². The zero-order valence-corrected chi connectivity index (χ0v) is 20.2. The van der Waals surface area contributed by atoms with Gasteiger partial charge >= 0.3 is 0 Å². The molecular formula is C27H31N3O2S. The quantitative estimate of drug-likeness (QED) is 0.488. The molecule has 5 rings (SSSR count). The van der Waals surface area contributed by atoms with Crippen LogP contribution in [0.3, 0.4) is 0 Å². The molecule has 1 saturated carbocycles.